The molecule has 0 saturated carbocycles. The van der Waals surface area contributed by atoms with Gasteiger partial charge >= 0.3 is 0 Å². The van der Waals surface area contributed by atoms with Crippen molar-refractivity contribution in [2.75, 3.05) is 5.73 Å². The van der Waals surface area contributed by atoms with Gasteiger partial charge in [0.2, 0.25) is 0 Å². The van der Waals surface area contributed by atoms with Gasteiger partial charge in [0.25, 0.3) is 0 Å². The van der Waals surface area contributed by atoms with E-state index in [0.717, 1.165) is 11.3 Å². The van der Waals surface area contributed by atoms with Gasteiger partial charge in [-0.2, -0.15) is 5.10 Å². The van der Waals surface area contributed by atoms with Gasteiger partial charge in [-0.3, -0.25) is 4.57 Å². The SMILES string of the molecule is Nc1ncccc1-c1nc2ccc(-n3cccn3)nc2n1-c1ccc2c(c1)C(F)C[C@@H]2N. The summed E-state index contributed by atoms with van der Waals surface area (Å²) < 4.78 is 18.2. The number of nitrogens with two attached hydrogens (primary N) is 2. The van der Waals surface area contributed by atoms with Crippen molar-refractivity contribution < 1.29 is 4.39 Å². The summed E-state index contributed by atoms with van der Waals surface area (Å²) in [5, 5.41) is 4.27. The molecule has 4 heterocycles. The molecule has 0 radical (unpaired) electrons. The molecule has 4 N–H and O–H groups in total. The molecule has 8 nitrogen and oxygen atoms in total. The van der Waals surface area contributed by atoms with Crippen LogP contribution in [0.25, 0.3) is 34.1 Å². The van der Waals surface area contributed by atoms with Gasteiger partial charge < -0.3 is 11.5 Å². The van der Waals surface area contributed by atoms with Crippen molar-refractivity contribution in [1.82, 2.24) is 29.3 Å². The normalized spacial score (nSPS) is 17.7. The van der Waals surface area contributed by atoms with E-state index >= 15 is 0 Å². The Kier molecular flexibility index (Phi) is 4.05. The van der Waals surface area contributed by atoms with Crippen molar-refractivity contribution in [3.8, 4) is 22.9 Å². The van der Waals surface area contributed by atoms with E-state index in [2.05, 4.69) is 10.1 Å². The largest absolute Gasteiger partial charge is 0.383 e. The van der Waals surface area contributed by atoms with Crippen molar-refractivity contribution in [1.29, 1.82) is 0 Å². The molecule has 6 rings (SSSR count). The summed E-state index contributed by atoms with van der Waals surface area (Å²) >= 11 is 0. The summed E-state index contributed by atoms with van der Waals surface area (Å²) in [6, 6.07) is 14.5. The van der Waals surface area contributed by atoms with E-state index in [9.17, 15) is 4.39 Å². The molecule has 4 aromatic heterocycles. The third-order valence-electron chi connectivity index (χ3n) is 5.83. The number of anilines is 1. The van der Waals surface area contributed by atoms with Crippen LogP contribution in [0.4, 0.5) is 10.2 Å². The third kappa shape index (κ3) is 2.78. The number of fused-ring (bicyclic) bond motifs is 2. The lowest BCUT2D eigenvalue weighted by Gasteiger charge is -2.13. The van der Waals surface area contributed by atoms with Crippen LogP contribution in [0, 0.1) is 0 Å². The molecule has 5 aromatic rings. The van der Waals surface area contributed by atoms with E-state index in [4.69, 9.17) is 21.4 Å². The van der Waals surface area contributed by atoms with Gasteiger partial charge in [0, 0.05) is 36.7 Å². The Hall–Kier alpha value is -4.11. The van der Waals surface area contributed by atoms with E-state index in [0.29, 0.717) is 39.8 Å². The fraction of sp³-hybridized carbons (Fsp3) is 0.130. The number of rotatable bonds is 3. The van der Waals surface area contributed by atoms with Gasteiger partial charge in [0.1, 0.15) is 17.5 Å². The number of nitrogens with zero attached hydrogens (tertiary/aromatic N) is 6. The fourth-order valence-electron chi connectivity index (χ4n) is 4.30. The van der Waals surface area contributed by atoms with Crippen molar-refractivity contribution in [2.24, 2.45) is 5.73 Å². The topological polar surface area (TPSA) is 113 Å². The molecule has 0 saturated heterocycles. The van der Waals surface area contributed by atoms with Crippen molar-refractivity contribution >= 4 is 17.0 Å². The monoisotopic (exact) mass is 426 g/mol. The number of imidazole rings is 1. The highest BCUT2D eigenvalue weighted by Crippen LogP contribution is 2.41. The predicted octanol–water partition coefficient (Wildman–Crippen LogP) is 3.66. The maximum Gasteiger partial charge on any atom is 0.167 e. The number of alkyl halides is 1. The highest BCUT2D eigenvalue weighted by atomic mass is 19.1. The summed E-state index contributed by atoms with van der Waals surface area (Å²) in [5.41, 5.74) is 16.4. The quantitative estimate of drug-likeness (QED) is 0.455. The zero-order chi connectivity index (χ0) is 21.8. The minimum atomic E-state index is -1.10. The standard InChI is InChI=1S/C23H19FN8/c24-17-12-18(25)14-5-4-13(11-16(14)17)32-22(15-3-1-8-27-21(15)26)29-19-6-7-20(30-23(19)32)31-10-2-9-28-31/h1-11,17-18H,12,25H2,(H2,26,27)/t17?,18-/m0/s1. The van der Waals surface area contributed by atoms with Crippen LogP contribution in [-0.2, 0) is 0 Å². The lowest BCUT2D eigenvalue weighted by molar-refractivity contribution is 0.330. The van der Waals surface area contributed by atoms with E-state index in [-0.39, 0.29) is 12.5 Å². The predicted molar refractivity (Wildman–Crippen MR) is 119 cm³/mol. The first kappa shape index (κ1) is 18.6. The Morgan fingerprint density at radius 3 is 2.72 bits per heavy atom. The van der Waals surface area contributed by atoms with Gasteiger partial charge in [-0.15, -0.1) is 0 Å². The number of halogens is 1. The summed E-state index contributed by atoms with van der Waals surface area (Å²) in [6.07, 6.45) is 4.32. The Morgan fingerprint density at radius 2 is 1.91 bits per heavy atom. The van der Waals surface area contributed by atoms with E-state index in [1.807, 2.05) is 53.2 Å². The molecular weight excluding hydrogens is 407 g/mol. The maximum atomic E-state index is 14.7. The average Bonchev–Trinajstić information content (AvgIpc) is 3.52. The number of nitrogen functional groups attached to an aromatic ring is 1. The maximum absolute atomic E-state index is 14.7. The fourth-order valence-corrected chi connectivity index (χ4v) is 4.30. The van der Waals surface area contributed by atoms with E-state index in [1.165, 1.54) is 0 Å². The van der Waals surface area contributed by atoms with Gasteiger partial charge in [-0.05, 0) is 53.6 Å². The van der Waals surface area contributed by atoms with Crippen LogP contribution in [0.2, 0.25) is 0 Å². The zero-order valence-corrected chi connectivity index (χ0v) is 16.9. The van der Waals surface area contributed by atoms with Gasteiger partial charge in [-0.25, -0.2) is 24.0 Å². The molecule has 9 heteroatoms. The molecule has 1 unspecified atom stereocenters. The van der Waals surface area contributed by atoms with Crippen LogP contribution in [0.3, 0.4) is 0 Å². The summed E-state index contributed by atoms with van der Waals surface area (Å²) in [4.78, 5) is 13.8. The molecule has 158 valence electrons. The minimum absolute atomic E-state index is 0.285. The third-order valence-corrected chi connectivity index (χ3v) is 5.83. The smallest absolute Gasteiger partial charge is 0.167 e. The number of aromatic nitrogens is 6. The van der Waals surface area contributed by atoms with Crippen LogP contribution in [0.1, 0.15) is 29.8 Å². The minimum Gasteiger partial charge on any atom is -0.383 e. The average molecular weight is 426 g/mol. The van der Waals surface area contributed by atoms with Crippen molar-refractivity contribution in [2.45, 2.75) is 18.6 Å². The van der Waals surface area contributed by atoms with Gasteiger partial charge in [-0.1, -0.05) is 6.07 Å². The molecule has 32 heavy (non-hydrogen) atoms. The second-order valence-electron chi connectivity index (χ2n) is 7.79. The molecule has 0 fully saturated rings. The molecule has 1 aliphatic carbocycles. The van der Waals surface area contributed by atoms with E-state index < -0.39 is 6.17 Å². The highest BCUT2D eigenvalue weighted by Gasteiger charge is 2.29. The van der Waals surface area contributed by atoms with Crippen LogP contribution >= 0.6 is 0 Å². The molecule has 0 amide bonds. The van der Waals surface area contributed by atoms with Gasteiger partial charge in [0.05, 0.1) is 5.56 Å². The number of pyridine rings is 2. The molecule has 1 aromatic carbocycles. The lowest BCUT2D eigenvalue weighted by Crippen LogP contribution is -2.06. The number of benzene rings is 1. The zero-order valence-electron chi connectivity index (χ0n) is 16.9. The van der Waals surface area contributed by atoms with Crippen molar-refractivity contribution in [3.63, 3.8) is 0 Å². The molecule has 1 aliphatic rings. The van der Waals surface area contributed by atoms with Gasteiger partial charge in [0.15, 0.2) is 17.3 Å². The first-order chi connectivity index (χ1) is 15.6. The Labute approximate surface area is 182 Å². The molecule has 0 bridgehead atoms. The van der Waals surface area contributed by atoms with Crippen LogP contribution in [-0.4, -0.2) is 29.3 Å². The summed E-state index contributed by atoms with van der Waals surface area (Å²) in [5.74, 6) is 1.57. The molecule has 0 aliphatic heterocycles. The number of hydrogen-bond donors (Lipinski definition) is 2. The summed E-state index contributed by atoms with van der Waals surface area (Å²) in [7, 11) is 0. The van der Waals surface area contributed by atoms with Crippen LogP contribution < -0.4 is 11.5 Å². The second-order valence-corrected chi connectivity index (χ2v) is 7.79. The van der Waals surface area contributed by atoms with E-state index in [1.54, 1.807) is 23.1 Å². The first-order valence-corrected chi connectivity index (χ1v) is 10.2. The number of hydrogen-bond acceptors (Lipinski definition) is 6. The van der Waals surface area contributed by atoms with Crippen LogP contribution in [0.15, 0.2) is 67.1 Å². The Morgan fingerprint density at radius 1 is 1.00 bits per heavy atom. The first-order valence-electron chi connectivity index (χ1n) is 10.2. The molecule has 2 atom stereocenters. The van der Waals surface area contributed by atoms with Crippen molar-refractivity contribution in [3.05, 3.63) is 78.2 Å². The summed E-state index contributed by atoms with van der Waals surface area (Å²) in [6.45, 7) is 0. The lowest BCUT2D eigenvalue weighted by atomic mass is 10.1. The second kappa shape index (κ2) is 6.96. The highest BCUT2D eigenvalue weighted by molar-refractivity contribution is 5.83. The Bertz CT molecular complexity index is 1460. The molecular formula is C23H19FN8. The molecule has 0 spiro atoms. The Balaban J connectivity index is 1.64. The van der Waals surface area contributed by atoms with Crippen LogP contribution in [0.5, 0.6) is 0 Å².